The molecule has 0 saturated heterocycles. The highest BCUT2D eigenvalue weighted by atomic mass is 16.6. The van der Waals surface area contributed by atoms with Crippen molar-refractivity contribution in [1.82, 2.24) is 0 Å². The van der Waals surface area contributed by atoms with Crippen molar-refractivity contribution in [3.05, 3.63) is 17.9 Å². The third-order valence-electron chi connectivity index (χ3n) is 1.12. The summed E-state index contributed by atoms with van der Waals surface area (Å²) in [7, 11) is 0. The Labute approximate surface area is 59.8 Å². The predicted molar refractivity (Wildman–Crippen MR) is 37.8 cm³/mol. The van der Waals surface area contributed by atoms with Crippen LogP contribution in [0.2, 0.25) is 0 Å². The maximum absolute atomic E-state index is 5.31. The molecule has 10 heavy (non-hydrogen) atoms. The third-order valence-corrected chi connectivity index (χ3v) is 1.12. The van der Waals surface area contributed by atoms with Crippen molar-refractivity contribution in [2.45, 2.75) is 13.5 Å². The van der Waals surface area contributed by atoms with Gasteiger partial charge in [-0.3, -0.25) is 0 Å². The quantitative estimate of drug-likeness (QED) is 0.686. The van der Waals surface area contributed by atoms with Crippen molar-refractivity contribution in [1.29, 1.82) is 0 Å². The number of furan rings is 1. The average Bonchev–Trinajstić information content (AvgIpc) is 2.37. The Balaban J connectivity index is 2.59. The first-order valence-corrected chi connectivity index (χ1v) is 3.28. The summed E-state index contributed by atoms with van der Waals surface area (Å²) in [5.41, 5.74) is 5.31. The van der Waals surface area contributed by atoms with Gasteiger partial charge in [-0.2, -0.15) is 0 Å². The number of hydrogen-bond donors (Lipinski definition) is 1. The van der Waals surface area contributed by atoms with Gasteiger partial charge in [-0.05, 0) is 13.0 Å². The normalized spacial score (nSPS) is 9.80. The van der Waals surface area contributed by atoms with Crippen LogP contribution in [0.5, 0.6) is 5.95 Å². The maximum Gasteiger partial charge on any atom is 0.284 e. The molecule has 0 bridgehead atoms. The van der Waals surface area contributed by atoms with Crippen LogP contribution in [-0.4, -0.2) is 6.61 Å². The predicted octanol–water partition coefficient (Wildman–Crippen LogP) is 1.14. The van der Waals surface area contributed by atoms with E-state index < -0.39 is 0 Å². The van der Waals surface area contributed by atoms with E-state index in [2.05, 4.69) is 0 Å². The fourth-order valence-electron chi connectivity index (χ4n) is 0.688. The smallest absolute Gasteiger partial charge is 0.284 e. The van der Waals surface area contributed by atoms with Gasteiger partial charge in [0.05, 0.1) is 13.2 Å². The molecule has 3 nitrogen and oxygen atoms in total. The molecule has 0 aliphatic rings. The summed E-state index contributed by atoms with van der Waals surface area (Å²) in [6.45, 7) is 2.95. The van der Waals surface area contributed by atoms with Gasteiger partial charge in [0.15, 0.2) is 0 Å². The molecule has 56 valence electrons. The first-order chi connectivity index (χ1) is 4.86. The molecule has 1 aromatic rings. The van der Waals surface area contributed by atoms with Crippen LogP contribution >= 0.6 is 0 Å². The lowest BCUT2D eigenvalue weighted by Crippen LogP contribution is -1.93. The van der Waals surface area contributed by atoms with Gasteiger partial charge in [-0.1, -0.05) is 0 Å². The molecule has 1 heterocycles. The highest BCUT2D eigenvalue weighted by Crippen LogP contribution is 2.14. The Morgan fingerprint density at radius 3 is 2.90 bits per heavy atom. The minimum absolute atomic E-state index is 0.424. The molecule has 1 rings (SSSR count). The summed E-state index contributed by atoms with van der Waals surface area (Å²) in [5.74, 6) is 1.30. The van der Waals surface area contributed by atoms with E-state index in [-0.39, 0.29) is 0 Å². The Morgan fingerprint density at radius 2 is 2.40 bits per heavy atom. The summed E-state index contributed by atoms with van der Waals surface area (Å²) < 4.78 is 10.2. The first kappa shape index (κ1) is 7.15. The van der Waals surface area contributed by atoms with Crippen LogP contribution in [-0.2, 0) is 6.54 Å². The molecule has 2 N–H and O–H groups in total. The number of nitrogens with two attached hydrogens (primary N) is 1. The SMILES string of the molecule is CCOc1ccc(CN)o1. The van der Waals surface area contributed by atoms with Crippen molar-refractivity contribution in [2.24, 2.45) is 5.73 Å². The molecule has 0 fully saturated rings. The van der Waals surface area contributed by atoms with Gasteiger partial charge in [0.2, 0.25) is 0 Å². The van der Waals surface area contributed by atoms with E-state index in [0.29, 0.717) is 19.1 Å². The molecule has 0 saturated carbocycles. The lowest BCUT2D eigenvalue weighted by atomic mass is 10.5. The monoisotopic (exact) mass is 141 g/mol. The van der Waals surface area contributed by atoms with Crippen molar-refractivity contribution >= 4 is 0 Å². The van der Waals surface area contributed by atoms with Crippen LogP contribution in [0, 0.1) is 0 Å². The van der Waals surface area contributed by atoms with Crippen molar-refractivity contribution in [3.8, 4) is 5.95 Å². The highest BCUT2D eigenvalue weighted by molar-refractivity contribution is 5.11. The molecular weight excluding hydrogens is 130 g/mol. The van der Waals surface area contributed by atoms with Gasteiger partial charge in [-0.25, -0.2) is 0 Å². The zero-order valence-electron chi connectivity index (χ0n) is 5.96. The molecule has 0 aliphatic heterocycles. The molecule has 3 heteroatoms. The molecule has 0 radical (unpaired) electrons. The fraction of sp³-hybridized carbons (Fsp3) is 0.429. The van der Waals surface area contributed by atoms with E-state index in [1.54, 1.807) is 6.07 Å². The van der Waals surface area contributed by atoms with Gasteiger partial charge in [0.1, 0.15) is 5.76 Å². The maximum atomic E-state index is 5.31. The largest absolute Gasteiger partial charge is 0.465 e. The average molecular weight is 141 g/mol. The summed E-state index contributed by atoms with van der Waals surface area (Å²) in [5, 5.41) is 0. The van der Waals surface area contributed by atoms with Gasteiger partial charge in [0, 0.05) is 6.07 Å². The van der Waals surface area contributed by atoms with Crippen molar-refractivity contribution < 1.29 is 9.15 Å². The molecule has 0 aromatic carbocycles. The van der Waals surface area contributed by atoms with E-state index in [9.17, 15) is 0 Å². The Hall–Kier alpha value is -0.960. The molecule has 0 atom stereocenters. The van der Waals surface area contributed by atoms with Crippen molar-refractivity contribution in [2.75, 3.05) is 6.61 Å². The zero-order valence-corrected chi connectivity index (χ0v) is 5.96. The lowest BCUT2D eigenvalue weighted by Gasteiger charge is -1.94. The summed E-state index contributed by atoms with van der Waals surface area (Å²) in [4.78, 5) is 0. The van der Waals surface area contributed by atoms with E-state index in [4.69, 9.17) is 14.9 Å². The first-order valence-electron chi connectivity index (χ1n) is 3.28. The molecule has 0 spiro atoms. The molecular formula is C7H11NO2. The van der Waals surface area contributed by atoms with Gasteiger partial charge in [-0.15, -0.1) is 0 Å². The molecule has 1 aromatic heterocycles. The van der Waals surface area contributed by atoms with Gasteiger partial charge < -0.3 is 14.9 Å². The molecule has 0 aliphatic carbocycles. The van der Waals surface area contributed by atoms with E-state index in [1.807, 2.05) is 13.0 Å². The standard InChI is InChI=1S/C7H11NO2/c1-2-9-7-4-3-6(5-8)10-7/h3-4H,2,5,8H2,1H3. The van der Waals surface area contributed by atoms with Crippen molar-refractivity contribution in [3.63, 3.8) is 0 Å². The second kappa shape index (κ2) is 3.27. The van der Waals surface area contributed by atoms with Crippen LogP contribution in [0.25, 0.3) is 0 Å². The second-order valence-corrected chi connectivity index (χ2v) is 1.86. The van der Waals surface area contributed by atoms with E-state index in [1.165, 1.54) is 0 Å². The Bertz CT molecular complexity index is 195. The van der Waals surface area contributed by atoms with E-state index >= 15 is 0 Å². The fourth-order valence-corrected chi connectivity index (χ4v) is 0.688. The highest BCUT2D eigenvalue weighted by Gasteiger charge is 1.98. The van der Waals surface area contributed by atoms with E-state index in [0.717, 1.165) is 5.76 Å². The van der Waals surface area contributed by atoms with Crippen LogP contribution in [0.4, 0.5) is 0 Å². The van der Waals surface area contributed by atoms with Crippen LogP contribution < -0.4 is 10.5 Å². The Kier molecular flexibility index (Phi) is 2.34. The number of rotatable bonds is 3. The van der Waals surface area contributed by atoms with Crippen LogP contribution in [0.1, 0.15) is 12.7 Å². The molecule has 0 unspecified atom stereocenters. The minimum atomic E-state index is 0.424. The lowest BCUT2D eigenvalue weighted by molar-refractivity contribution is 0.250. The number of hydrogen-bond acceptors (Lipinski definition) is 3. The number of ether oxygens (including phenoxy) is 1. The molecule has 0 amide bonds. The minimum Gasteiger partial charge on any atom is -0.465 e. The zero-order chi connectivity index (χ0) is 7.40. The van der Waals surface area contributed by atoms with Gasteiger partial charge >= 0.3 is 0 Å². The van der Waals surface area contributed by atoms with Crippen LogP contribution in [0.15, 0.2) is 16.5 Å². The second-order valence-electron chi connectivity index (χ2n) is 1.86. The van der Waals surface area contributed by atoms with Gasteiger partial charge in [0.25, 0.3) is 5.95 Å². The topological polar surface area (TPSA) is 48.4 Å². The summed E-state index contributed by atoms with van der Waals surface area (Å²) >= 11 is 0. The Morgan fingerprint density at radius 1 is 1.60 bits per heavy atom. The third kappa shape index (κ3) is 1.51. The summed E-state index contributed by atoms with van der Waals surface area (Å²) in [6, 6.07) is 3.58. The van der Waals surface area contributed by atoms with Crippen LogP contribution in [0.3, 0.4) is 0 Å². The summed E-state index contributed by atoms with van der Waals surface area (Å²) in [6.07, 6.45) is 0.